The van der Waals surface area contributed by atoms with E-state index in [4.69, 9.17) is 9.73 Å². The van der Waals surface area contributed by atoms with E-state index in [0.29, 0.717) is 5.92 Å². The van der Waals surface area contributed by atoms with E-state index >= 15 is 0 Å². The largest absolute Gasteiger partial charge is 0.373 e. The van der Waals surface area contributed by atoms with Crippen LogP contribution in [0.1, 0.15) is 37.0 Å². The average Bonchev–Trinajstić information content (AvgIpc) is 2.83. The number of piperazine rings is 1. The van der Waals surface area contributed by atoms with Gasteiger partial charge in [-0.05, 0) is 44.4 Å². The molecule has 1 aromatic heterocycles. The van der Waals surface area contributed by atoms with Gasteiger partial charge in [0, 0.05) is 58.0 Å². The van der Waals surface area contributed by atoms with Gasteiger partial charge in [0.2, 0.25) is 0 Å². The fraction of sp³-hybridized carbons (Fsp3) is 0.520. The Balaban J connectivity index is 1.40. The van der Waals surface area contributed by atoms with Gasteiger partial charge >= 0.3 is 0 Å². The van der Waals surface area contributed by atoms with Crippen LogP contribution in [-0.2, 0) is 4.74 Å². The number of aliphatic imine (C=N–C) groups is 1. The molecule has 166 valence electrons. The van der Waals surface area contributed by atoms with E-state index in [-0.39, 0.29) is 6.10 Å². The molecular weight excluding hydrogens is 386 g/mol. The molecule has 1 N–H and O–H groups in total. The summed E-state index contributed by atoms with van der Waals surface area (Å²) in [5.41, 5.74) is 2.56. The minimum absolute atomic E-state index is 0.141. The van der Waals surface area contributed by atoms with Gasteiger partial charge in [-0.1, -0.05) is 35.9 Å². The molecule has 0 radical (unpaired) electrons. The van der Waals surface area contributed by atoms with E-state index in [1.807, 2.05) is 12.3 Å². The number of aryl methyl sites for hydroxylation is 1. The summed E-state index contributed by atoms with van der Waals surface area (Å²) in [6.07, 6.45) is 4.28. The summed E-state index contributed by atoms with van der Waals surface area (Å²) in [4.78, 5) is 14.3. The van der Waals surface area contributed by atoms with Crippen LogP contribution in [0.2, 0.25) is 0 Å². The van der Waals surface area contributed by atoms with E-state index in [2.05, 4.69) is 70.3 Å². The number of rotatable bonds is 5. The number of nitrogens with one attached hydrogen (secondary N) is 1. The number of hydrogen-bond acceptors (Lipinski definition) is 4. The van der Waals surface area contributed by atoms with E-state index in [0.717, 1.165) is 70.5 Å². The van der Waals surface area contributed by atoms with Crippen LogP contribution >= 0.6 is 0 Å². The first kappa shape index (κ1) is 21.6. The molecule has 6 heteroatoms. The summed E-state index contributed by atoms with van der Waals surface area (Å²) in [6.45, 7) is 10.6. The quantitative estimate of drug-likeness (QED) is 0.590. The number of benzene rings is 1. The standard InChI is InChI=1S/C25H35N5O/c1-3-26-25(30-16-14-29(15-17-30)23-8-4-5-13-27-23)28-19-22-7-6-18-31-24(22)21-11-9-20(2)10-12-21/h4-5,8-13,22,24H,3,6-7,14-19H2,1-2H3,(H,26,28). The molecule has 31 heavy (non-hydrogen) atoms. The third-order valence-electron chi connectivity index (χ3n) is 6.21. The SMILES string of the molecule is CCNC(=NCC1CCCOC1c1ccc(C)cc1)N1CCN(c2ccccn2)CC1. The van der Waals surface area contributed by atoms with Gasteiger partial charge in [-0.2, -0.15) is 0 Å². The molecule has 6 nitrogen and oxygen atoms in total. The fourth-order valence-corrected chi connectivity index (χ4v) is 4.47. The first-order chi connectivity index (χ1) is 15.2. The molecule has 0 saturated carbocycles. The predicted molar refractivity (Wildman–Crippen MR) is 127 cm³/mol. The van der Waals surface area contributed by atoms with Gasteiger partial charge in [-0.15, -0.1) is 0 Å². The molecule has 0 bridgehead atoms. The fourth-order valence-electron chi connectivity index (χ4n) is 4.47. The molecular formula is C25H35N5O. The number of guanidine groups is 1. The van der Waals surface area contributed by atoms with Gasteiger partial charge in [-0.3, -0.25) is 4.99 Å². The summed E-state index contributed by atoms with van der Waals surface area (Å²) in [5, 5.41) is 3.51. The lowest BCUT2D eigenvalue weighted by Crippen LogP contribution is -2.53. The van der Waals surface area contributed by atoms with E-state index in [1.165, 1.54) is 11.1 Å². The second-order valence-electron chi connectivity index (χ2n) is 8.46. The monoisotopic (exact) mass is 421 g/mol. The lowest BCUT2D eigenvalue weighted by atomic mass is 9.89. The second kappa shape index (κ2) is 10.6. The molecule has 2 unspecified atom stereocenters. The van der Waals surface area contributed by atoms with Gasteiger partial charge in [0.15, 0.2) is 5.96 Å². The smallest absolute Gasteiger partial charge is 0.194 e. The zero-order valence-corrected chi connectivity index (χ0v) is 18.8. The molecule has 0 spiro atoms. The van der Waals surface area contributed by atoms with Gasteiger partial charge in [-0.25, -0.2) is 4.98 Å². The lowest BCUT2D eigenvalue weighted by molar-refractivity contribution is -0.0250. The highest BCUT2D eigenvalue weighted by atomic mass is 16.5. The van der Waals surface area contributed by atoms with Gasteiger partial charge in [0.25, 0.3) is 0 Å². The molecule has 2 saturated heterocycles. The van der Waals surface area contributed by atoms with Crippen LogP contribution in [0, 0.1) is 12.8 Å². The molecule has 2 atom stereocenters. The molecule has 1 aromatic carbocycles. The summed E-state index contributed by atoms with van der Waals surface area (Å²) in [7, 11) is 0. The summed E-state index contributed by atoms with van der Waals surface area (Å²) < 4.78 is 6.20. The van der Waals surface area contributed by atoms with Crippen LogP contribution in [-0.4, -0.2) is 61.7 Å². The molecule has 2 aromatic rings. The Bertz CT molecular complexity index is 831. The van der Waals surface area contributed by atoms with Crippen molar-refractivity contribution >= 4 is 11.8 Å². The highest BCUT2D eigenvalue weighted by molar-refractivity contribution is 5.80. The normalized spacial score (nSPS) is 22.5. The number of pyridine rings is 1. The molecule has 4 rings (SSSR count). The maximum atomic E-state index is 6.20. The van der Waals surface area contributed by atoms with Crippen molar-refractivity contribution in [3.63, 3.8) is 0 Å². The number of aromatic nitrogens is 1. The second-order valence-corrected chi connectivity index (χ2v) is 8.46. The van der Waals surface area contributed by atoms with E-state index in [9.17, 15) is 0 Å². The highest BCUT2D eigenvalue weighted by Gasteiger charge is 2.28. The zero-order chi connectivity index (χ0) is 21.5. The Morgan fingerprint density at radius 2 is 1.94 bits per heavy atom. The van der Waals surface area contributed by atoms with Crippen LogP contribution in [0.25, 0.3) is 0 Å². The Hall–Kier alpha value is -2.60. The number of ether oxygens (including phenoxy) is 1. The van der Waals surface area contributed by atoms with Crippen molar-refractivity contribution in [1.29, 1.82) is 0 Å². The number of nitrogens with zero attached hydrogens (tertiary/aromatic N) is 4. The van der Waals surface area contributed by atoms with Crippen LogP contribution in [0.4, 0.5) is 5.82 Å². The minimum atomic E-state index is 0.141. The van der Waals surface area contributed by atoms with Crippen LogP contribution in [0.3, 0.4) is 0 Å². The van der Waals surface area contributed by atoms with Crippen molar-refractivity contribution < 1.29 is 4.74 Å². The Morgan fingerprint density at radius 1 is 1.13 bits per heavy atom. The maximum Gasteiger partial charge on any atom is 0.194 e. The van der Waals surface area contributed by atoms with Crippen LogP contribution in [0.15, 0.2) is 53.7 Å². The van der Waals surface area contributed by atoms with Crippen molar-refractivity contribution in [2.45, 2.75) is 32.8 Å². The number of anilines is 1. The van der Waals surface area contributed by atoms with Gasteiger partial charge in [0.1, 0.15) is 5.82 Å². The van der Waals surface area contributed by atoms with Gasteiger partial charge in [0.05, 0.1) is 6.10 Å². The molecule has 3 heterocycles. The summed E-state index contributed by atoms with van der Waals surface area (Å²) in [5.74, 6) is 2.50. The Labute approximate surface area is 186 Å². The van der Waals surface area contributed by atoms with Crippen LogP contribution < -0.4 is 10.2 Å². The molecule has 0 aliphatic carbocycles. The zero-order valence-electron chi connectivity index (χ0n) is 18.8. The van der Waals surface area contributed by atoms with Crippen molar-refractivity contribution in [2.24, 2.45) is 10.9 Å². The topological polar surface area (TPSA) is 53.0 Å². The first-order valence-corrected chi connectivity index (χ1v) is 11.6. The van der Waals surface area contributed by atoms with Crippen molar-refractivity contribution in [2.75, 3.05) is 50.8 Å². The minimum Gasteiger partial charge on any atom is -0.373 e. The highest BCUT2D eigenvalue weighted by Crippen LogP contribution is 2.34. The summed E-state index contributed by atoms with van der Waals surface area (Å²) >= 11 is 0. The van der Waals surface area contributed by atoms with Crippen molar-refractivity contribution in [3.05, 3.63) is 59.8 Å². The predicted octanol–water partition coefficient (Wildman–Crippen LogP) is 3.65. The lowest BCUT2D eigenvalue weighted by Gasteiger charge is -2.37. The van der Waals surface area contributed by atoms with Crippen molar-refractivity contribution in [1.82, 2.24) is 15.2 Å². The molecule has 2 fully saturated rings. The number of hydrogen-bond donors (Lipinski definition) is 1. The van der Waals surface area contributed by atoms with Crippen LogP contribution in [0.5, 0.6) is 0 Å². The van der Waals surface area contributed by atoms with Gasteiger partial charge < -0.3 is 19.9 Å². The first-order valence-electron chi connectivity index (χ1n) is 11.6. The molecule has 2 aliphatic heterocycles. The molecule has 2 aliphatic rings. The van der Waals surface area contributed by atoms with E-state index in [1.54, 1.807) is 0 Å². The van der Waals surface area contributed by atoms with Crippen molar-refractivity contribution in [3.8, 4) is 0 Å². The third kappa shape index (κ3) is 5.56. The average molecular weight is 422 g/mol. The maximum absolute atomic E-state index is 6.20. The Morgan fingerprint density at radius 3 is 2.65 bits per heavy atom. The summed E-state index contributed by atoms with van der Waals surface area (Å²) in [6, 6.07) is 14.9. The Kier molecular flexibility index (Phi) is 7.41. The van der Waals surface area contributed by atoms with E-state index < -0.39 is 0 Å². The molecule has 0 amide bonds. The third-order valence-corrected chi connectivity index (χ3v) is 6.21.